The van der Waals surface area contributed by atoms with E-state index in [4.69, 9.17) is 14.2 Å². The molecule has 1 aliphatic heterocycles. The molecule has 0 aromatic heterocycles. The second-order valence-electron chi connectivity index (χ2n) is 10.3. The first-order chi connectivity index (χ1) is 18.1. The van der Waals surface area contributed by atoms with E-state index in [1.54, 1.807) is 16.7 Å². The summed E-state index contributed by atoms with van der Waals surface area (Å²) in [6.45, 7) is 11.3. The van der Waals surface area contributed by atoms with Crippen molar-refractivity contribution >= 4 is 24.0 Å². The molecule has 206 valence electrons. The van der Waals surface area contributed by atoms with E-state index in [1.807, 2.05) is 58.0 Å². The molecule has 0 bridgehead atoms. The number of benzene rings is 2. The number of unbranched alkanes of at least 4 members (excludes halogenated alkanes) is 2. The fourth-order valence-electron chi connectivity index (χ4n) is 4.40. The van der Waals surface area contributed by atoms with E-state index in [9.17, 15) is 14.4 Å². The van der Waals surface area contributed by atoms with Gasteiger partial charge < -0.3 is 28.8 Å². The van der Waals surface area contributed by atoms with E-state index in [0.29, 0.717) is 57.0 Å². The highest BCUT2D eigenvalue weighted by Crippen LogP contribution is 2.36. The molecule has 0 saturated heterocycles. The minimum atomic E-state index is -0.604. The quantitative estimate of drug-likeness (QED) is 0.264. The Bertz CT molecular complexity index is 1120. The van der Waals surface area contributed by atoms with Crippen LogP contribution in [0.25, 0.3) is 11.1 Å². The molecule has 2 aromatic carbocycles. The molecule has 0 fully saturated rings. The van der Waals surface area contributed by atoms with E-state index in [2.05, 4.69) is 6.07 Å². The third-order valence-electron chi connectivity index (χ3n) is 6.20. The molecular weight excluding hydrogens is 484 g/mol. The molecule has 38 heavy (non-hydrogen) atoms. The van der Waals surface area contributed by atoms with Crippen LogP contribution in [0.15, 0.2) is 36.4 Å². The smallest absolute Gasteiger partial charge is 0.410 e. The Balaban J connectivity index is 1.74. The van der Waals surface area contributed by atoms with Crippen LogP contribution in [0.5, 0.6) is 11.5 Å². The van der Waals surface area contributed by atoms with Crippen LogP contribution in [0.4, 0.5) is 10.5 Å². The van der Waals surface area contributed by atoms with Gasteiger partial charge in [-0.15, -0.1) is 0 Å². The molecule has 8 nitrogen and oxygen atoms in total. The van der Waals surface area contributed by atoms with Crippen LogP contribution in [-0.2, 0) is 20.7 Å². The Morgan fingerprint density at radius 2 is 1.74 bits per heavy atom. The fourth-order valence-corrected chi connectivity index (χ4v) is 4.40. The highest BCUT2D eigenvalue weighted by Gasteiger charge is 2.24. The average molecular weight is 525 g/mol. The summed E-state index contributed by atoms with van der Waals surface area (Å²) in [5.74, 6) is 1.28. The lowest BCUT2D eigenvalue weighted by Crippen LogP contribution is -2.39. The predicted octanol–water partition coefficient (Wildman–Crippen LogP) is 5.65. The Labute approximate surface area is 225 Å². The molecule has 0 unspecified atom stereocenters. The number of amides is 2. The number of ether oxygens (including phenoxy) is 3. The van der Waals surface area contributed by atoms with Gasteiger partial charge in [-0.1, -0.05) is 12.1 Å². The van der Waals surface area contributed by atoms with Crippen LogP contribution in [0, 0.1) is 0 Å². The van der Waals surface area contributed by atoms with E-state index in [-0.39, 0.29) is 12.5 Å². The first kappa shape index (κ1) is 29.0. The summed E-state index contributed by atoms with van der Waals surface area (Å²) in [4.78, 5) is 38.8. The van der Waals surface area contributed by atoms with Crippen molar-refractivity contribution in [1.82, 2.24) is 4.90 Å². The molecule has 2 amide bonds. The summed E-state index contributed by atoms with van der Waals surface area (Å²) in [7, 11) is 0. The van der Waals surface area contributed by atoms with Gasteiger partial charge in [0.15, 0.2) is 11.5 Å². The van der Waals surface area contributed by atoms with Crippen LogP contribution in [0.3, 0.4) is 0 Å². The van der Waals surface area contributed by atoms with Crippen molar-refractivity contribution in [2.75, 3.05) is 37.7 Å². The second-order valence-corrected chi connectivity index (χ2v) is 10.3. The van der Waals surface area contributed by atoms with Crippen LogP contribution in [0.1, 0.15) is 59.4 Å². The van der Waals surface area contributed by atoms with Gasteiger partial charge in [0.05, 0.1) is 13.2 Å². The average Bonchev–Trinajstić information content (AvgIpc) is 3.29. The molecule has 0 saturated carbocycles. The Hall–Kier alpha value is -3.55. The van der Waals surface area contributed by atoms with Crippen LogP contribution in [0.2, 0.25) is 0 Å². The lowest BCUT2D eigenvalue weighted by molar-refractivity contribution is -0.116. The maximum atomic E-state index is 12.8. The van der Waals surface area contributed by atoms with Crippen LogP contribution < -0.4 is 14.4 Å². The molecule has 0 atom stereocenters. The van der Waals surface area contributed by atoms with Gasteiger partial charge in [0.1, 0.15) is 18.5 Å². The highest BCUT2D eigenvalue weighted by molar-refractivity contribution is 5.94. The number of rotatable bonds is 12. The molecule has 0 N–H and O–H groups in total. The summed E-state index contributed by atoms with van der Waals surface area (Å²) in [5, 5.41) is 0. The van der Waals surface area contributed by atoms with Gasteiger partial charge in [-0.3, -0.25) is 4.79 Å². The van der Waals surface area contributed by atoms with E-state index in [1.165, 1.54) is 0 Å². The summed E-state index contributed by atoms with van der Waals surface area (Å²) < 4.78 is 17.5. The lowest BCUT2D eigenvalue weighted by Gasteiger charge is -2.27. The molecule has 1 aliphatic rings. The first-order valence-corrected chi connectivity index (χ1v) is 13.4. The zero-order valence-corrected chi connectivity index (χ0v) is 23.2. The van der Waals surface area contributed by atoms with Gasteiger partial charge in [0, 0.05) is 32.1 Å². The summed E-state index contributed by atoms with van der Waals surface area (Å²) in [5.41, 5.74) is 3.53. The predicted molar refractivity (Wildman–Crippen MR) is 148 cm³/mol. The van der Waals surface area contributed by atoms with Crippen molar-refractivity contribution in [3.8, 4) is 22.6 Å². The first-order valence-electron chi connectivity index (χ1n) is 13.4. The van der Waals surface area contributed by atoms with Crippen molar-refractivity contribution in [1.29, 1.82) is 0 Å². The van der Waals surface area contributed by atoms with Gasteiger partial charge in [-0.2, -0.15) is 0 Å². The van der Waals surface area contributed by atoms with E-state index < -0.39 is 11.7 Å². The zero-order chi connectivity index (χ0) is 27.7. The van der Waals surface area contributed by atoms with Crippen LogP contribution >= 0.6 is 0 Å². The Morgan fingerprint density at radius 3 is 2.42 bits per heavy atom. The number of aldehydes is 1. The number of carbonyl (C=O) groups is 3. The van der Waals surface area contributed by atoms with Crippen molar-refractivity contribution in [3.63, 3.8) is 0 Å². The SMILES string of the molecule is CCOc1ccc(-c2ccc3c(c2)CCN3C(C)=O)cc1OCCN(CCCCC=O)C(=O)OC(C)(C)C. The molecule has 0 radical (unpaired) electrons. The highest BCUT2D eigenvalue weighted by atomic mass is 16.6. The van der Waals surface area contributed by atoms with Gasteiger partial charge in [-0.05, 0) is 87.9 Å². The normalized spacial score (nSPS) is 12.6. The fraction of sp³-hybridized carbons (Fsp3) is 0.500. The largest absolute Gasteiger partial charge is 0.490 e. The number of fused-ring (bicyclic) bond motifs is 1. The molecule has 8 heteroatoms. The standard InChI is InChI=1S/C30H40N2O6/c1-6-36-27-13-11-24(23-10-12-26-25(20-23)14-16-32(26)22(2)34)21-28(27)37-19-17-31(15-8-7-9-18-33)29(35)38-30(3,4)5/h10-13,18,20-21H,6-9,14-17,19H2,1-5H3. The summed E-state index contributed by atoms with van der Waals surface area (Å²) >= 11 is 0. The topological polar surface area (TPSA) is 85.4 Å². The molecule has 2 aromatic rings. The number of anilines is 1. The second kappa shape index (κ2) is 13.3. The van der Waals surface area contributed by atoms with Gasteiger partial charge in [0.25, 0.3) is 0 Å². The lowest BCUT2D eigenvalue weighted by atomic mass is 10.0. The van der Waals surface area contributed by atoms with E-state index >= 15 is 0 Å². The van der Waals surface area contributed by atoms with Crippen molar-refractivity contribution in [2.24, 2.45) is 0 Å². The minimum absolute atomic E-state index is 0.0532. The monoisotopic (exact) mass is 524 g/mol. The molecule has 3 rings (SSSR count). The van der Waals surface area contributed by atoms with Gasteiger partial charge in [-0.25, -0.2) is 4.79 Å². The molecular formula is C30H40N2O6. The maximum absolute atomic E-state index is 12.8. The number of hydrogen-bond donors (Lipinski definition) is 0. The molecule has 0 aliphatic carbocycles. The van der Waals surface area contributed by atoms with Crippen LogP contribution in [-0.4, -0.2) is 61.6 Å². The summed E-state index contributed by atoms with van der Waals surface area (Å²) in [6, 6.07) is 12.0. The zero-order valence-electron chi connectivity index (χ0n) is 23.2. The van der Waals surface area contributed by atoms with Crippen molar-refractivity contribution in [2.45, 2.75) is 65.9 Å². The maximum Gasteiger partial charge on any atom is 0.410 e. The Morgan fingerprint density at radius 1 is 1.00 bits per heavy atom. The number of hydrogen-bond acceptors (Lipinski definition) is 6. The minimum Gasteiger partial charge on any atom is -0.490 e. The molecule has 0 spiro atoms. The van der Waals surface area contributed by atoms with Crippen molar-refractivity contribution in [3.05, 3.63) is 42.0 Å². The number of nitrogens with zero attached hydrogens (tertiary/aromatic N) is 2. The number of carbonyl (C=O) groups excluding carboxylic acids is 3. The summed E-state index contributed by atoms with van der Waals surface area (Å²) in [6.07, 6.45) is 3.21. The van der Waals surface area contributed by atoms with Crippen molar-refractivity contribution < 1.29 is 28.6 Å². The third-order valence-corrected chi connectivity index (χ3v) is 6.20. The Kier molecular flexibility index (Phi) is 10.2. The van der Waals surface area contributed by atoms with Gasteiger partial charge >= 0.3 is 6.09 Å². The molecule has 1 heterocycles. The third kappa shape index (κ3) is 7.97. The van der Waals surface area contributed by atoms with E-state index in [0.717, 1.165) is 35.1 Å². The van der Waals surface area contributed by atoms with Gasteiger partial charge in [0.2, 0.25) is 5.91 Å².